The van der Waals surface area contributed by atoms with E-state index in [9.17, 15) is 13.6 Å². The Morgan fingerprint density at radius 2 is 1.90 bits per heavy atom. The first-order valence-electron chi connectivity index (χ1n) is 6.40. The molecule has 20 heavy (non-hydrogen) atoms. The van der Waals surface area contributed by atoms with E-state index in [0.29, 0.717) is 5.75 Å². The Bertz CT molecular complexity index is 663. The molecule has 1 saturated carbocycles. The van der Waals surface area contributed by atoms with E-state index in [1.54, 1.807) is 24.3 Å². The number of benzene rings is 2. The minimum Gasteiger partial charge on any atom is -0.490 e. The number of carbonyl (C=O) groups excluding carboxylic acids is 1. The number of carbonyl (C=O) groups is 1. The summed E-state index contributed by atoms with van der Waals surface area (Å²) in [6.45, 7) is 0. The Morgan fingerprint density at radius 3 is 2.65 bits per heavy atom. The first kappa shape index (κ1) is 12.8. The van der Waals surface area contributed by atoms with Gasteiger partial charge in [0.05, 0.1) is 11.7 Å². The normalized spacial score (nSPS) is 14.1. The molecule has 0 aliphatic heterocycles. The molecular weight excluding hydrogens is 262 g/mol. The van der Waals surface area contributed by atoms with Gasteiger partial charge in [0.25, 0.3) is 0 Å². The second-order valence-electron chi connectivity index (χ2n) is 4.80. The van der Waals surface area contributed by atoms with Crippen molar-refractivity contribution >= 4 is 5.78 Å². The van der Waals surface area contributed by atoms with Gasteiger partial charge in [-0.1, -0.05) is 12.1 Å². The van der Waals surface area contributed by atoms with Crippen LogP contribution in [0, 0.1) is 11.6 Å². The second-order valence-corrected chi connectivity index (χ2v) is 4.80. The van der Waals surface area contributed by atoms with Crippen molar-refractivity contribution in [2.45, 2.75) is 18.9 Å². The van der Waals surface area contributed by atoms with Crippen LogP contribution in [0.4, 0.5) is 8.78 Å². The van der Waals surface area contributed by atoms with E-state index < -0.39 is 17.4 Å². The molecule has 1 fully saturated rings. The van der Waals surface area contributed by atoms with E-state index in [-0.39, 0.29) is 17.2 Å². The van der Waals surface area contributed by atoms with Crippen LogP contribution in [-0.2, 0) is 0 Å². The van der Waals surface area contributed by atoms with Crippen molar-refractivity contribution in [3.63, 3.8) is 0 Å². The number of hydrogen-bond acceptors (Lipinski definition) is 2. The molecule has 2 aromatic carbocycles. The third-order valence-electron chi connectivity index (χ3n) is 3.10. The van der Waals surface area contributed by atoms with Gasteiger partial charge in [-0.2, -0.15) is 0 Å². The molecule has 2 nitrogen and oxygen atoms in total. The zero-order valence-corrected chi connectivity index (χ0v) is 10.6. The molecule has 0 amide bonds. The third-order valence-corrected chi connectivity index (χ3v) is 3.10. The molecule has 0 aromatic heterocycles. The monoisotopic (exact) mass is 274 g/mol. The highest BCUT2D eigenvalue weighted by molar-refractivity contribution is 6.09. The van der Waals surface area contributed by atoms with Gasteiger partial charge >= 0.3 is 0 Å². The van der Waals surface area contributed by atoms with Crippen LogP contribution in [0.2, 0.25) is 0 Å². The Hall–Kier alpha value is -2.23. The first-order valence-corrected chi connectivity index (χ1v) is 6.40. The summed E-state index contributed by atoms with van der Waals surface area (Å²) in [6, 6.07) is 9.38. The van der Waals surface area contributed by atoms with Gasteiger partial charge in [-0.3, -0.25) is 4.79 Å². The topological polar surface area (TPSA) is 26.3 Å². The average molecular weight is 274 g/mol. The molecule has 0 spiro atoms. The third kappa shape index (κ3) is 2.69. The first-order chi connectivity index (χ1) is 9.63. The standard InChI is InChI=1S/C16H12F2O2/c17-11-4-7-15(18)14(9-11)16(19)10-2-1-3-13(8-10)20-12-5-6-12/h1-4,7-9,12H,5-6H2. The maximum atomic E-state index is 13.6. The summed E-state index contributed by atoms with van der Waals surface area (Å²) < 4.78 is 32.3. The Balaban J connectivity index is 1.91. The SMILES string of the molecule is O=C(c1cccc(OC2CC2)c1)c1cc(F)ccc1F. The maximum absolute atomic E-state index is 13.6. The Kier molecular flexibility index (Phi) is 3.22. The van der Waals surface area contributed by atoms with Gasteiger partial charge in [0.15, 0.2) is 5.78 Å². The second kappa shape index (κ2) is 5.04. The van der Waals surface area contributed by atoms with E-state index in [0.717, 1.165) is 31.0 Å². The van der Waals surface area contributed by atoms with Crippen molar-refractivity contribution < 1.29 is 18.3 Å². The van der Waals surface area contributed by atoms with Gasteiger partial charge in [-0.05, 0) is 43.2 Å². The van der Waals surface area contributed by atoms with Crippen LogP contribution in [0.1, 0.15) is 28.8 Å². The van der Waals surface area contributed by atoms with Crippen molar-refractivity contribution in [3.8, 4) is 5.75 Å². The molecule has 0 radical (unpaired) electrons. The minimum absolute atomic E-state index is 0.214. The fourth-order valence-corrected chi connectivity index (χ4v) is 1.92. The van der Waals surface area contributed by atoms with E-state index in [4.69, 9.17) is 4.74 Å². The number of rotatable bonds is 4. The smallest absolute Gasteiger partial charge is 0.196 e. The fraction of sp³-hybridized carbons (Fsp3) is 0.188. The molecule has 0 N–H and O–H groups in total. The van der Waals surface area contributed by atoms with Crippen molar-refractivity contribution in [1.82, 2.24) is 0 Å². The molecular formula is C16H12F2O2. The van der Waals surface area contributed by atoms with Crippen LogP contribution in [-0.4, -0.2) is 11.9 Å². The summed E-state index contributed by atoms with van der Waals surface area (Å²) in [6.07, 6.45) is 2.24. The number of hydrogen-bond donors (Lipinski definition) is 0. The van der Waals surface area contributed by atoms with Gasteiger partial charge in [-0.15, -0.1) is 0 Å². The molecule has 0 heterocycles. The van der Waals surface area contributed by atoms with Crippen molar-refractivity contribution in [2.75, 3.05) is 0 Å². The highest BCUT2D eigenvalue weighted by Crippen LogP contribution is 2.27. The lowest BCUT2D eigenvalue weighted by Crippen LogP contribution is -2.05. The zero-order valence-electron chi connectivity index (χ0n) is 10.6. The molecule has 102 valence electrons. The van der Waals surface area contributed by atoms with Crippen LogP contribution < -0.4 is 4.74 Å². The lowest BCUT2D eigenvalue weighted by Gasteiger charge is -2.07. The predicted octanol–water partition coefficient (Wildman–Crippen LogP) is 3.74. The van der Waals surface area contributed by atoms with Gasteiger partial charge in [0, 0.05) is 5.56 Å². The molecule has 0 atom stereocenters. The van der Waals surface area contributed by atoms with Gasteiger partial charge in [-0.25, -0.2) is 8.78 Å². The molecule has 4 heteroatoms. The van der Waals surface area contributed by atoms with E-state index in [1.807, 2.05) is 0 Å². The summed E-state index contributed by atoms with van der Waals surface area (Å²) in [7, 11) is 0. The molecule has 1 aliphatic rings. The Labute approximate surface area is 115 Å². The molecule has 0 bridgehead atoms. The van der Waals surface area contributed by atoms with Crippen LogP contribution in [0.3, 0.4) is 0 Å². The average Bonchev–Trinajstić information content (AvgIpc) is 3.25. The maximum Gasteiger partial charge on any atom is 0.196 e. The minimum atomic E-state index is -0.732. The summed E-state index contributed by atoms with van der Waals surface area (Å²) in [5.74, 6) is -1.34. The van der Waals surface area contributed by atoms with Gasteiger partial charge in [0.2, 0.25) is 0 Å². The van der Waals surface area contributed by atoms with E-state index >= 15 is 0 Å². The number of ether oxygens (including phenoxy) is 1. The Morgan fingerprint density at radius 1 is 1.10 bits per heavy atom. The van der Waals surface area contributed by atoms with Crippen LogP contribution in [0.15, 0.2) is 42.5 Å². The largest absolute Gasteiger partial charge is 0.490 e. The summed E-state index contributed by atoms with van der Waals surface area (Å²) in [5, 5.41) is 0. The summed E-state index contributed by atoms with van der Waals surface area (Å²) >= 11 is 0. The van der Waals surface area contributed by atoms with Gasteiger partial charge in [0.1, 0.15) is 17.4 Å². The predicted molar refractivity (Wildman–Crippen MR) is 69.9 cm³/mol. The van der Waals surface area contributed by atoms with Crippen LogP contribution in [0.5, 0.6) is 5.75 Å². The highest BCUT2D eigenvalue weighted by atomic mass is 19.1. The highest BCUT2D eigenvalue weighted by Gasteiger charge is 2.24. The van der Waals surface area contributed by atoms with Crippen LogP contribution >= 0.6 is 0 Å². The van der Waals surface area contributed by atoms with Crippen molar-refractivity contribution in [2.24, 2.45) is 0 Å². The van der Waals surface area contributed by atoms with Crippen molar-refractivity contribution in [3.05, 3.63) is 65.2 Å². The fourth-order valence-electron chi connectivity index (χ4n) is 1.92. The molecule has 3 rings (SSSR count). The van der Waals surface area contributed by atoms with Crippen molar-refractivity contribution in [1.29, 1.82) is 0 Å². The molecule has 2 aromatic rings. The summed E-state index contributed by atoms with van der Waals surface area (Å²) in [5.41, 5.74) is 0.0150. The lowest BCUT2D eigenvalue weighted by molar-refractivity contribution is 0.103. The quantitative estimate of drug-likeness (QED) is 0.794. The number of ketones is 1. The van der Waals surface area contributed by atoms with Gasteiger partial charge < -0.3 is 4.74 Å². The van der Waals surface area contributed by atoms with Crippen LogP contribution in [0.25, 0.3) is 0 Å². The summed E-state index contributed by atoms with van der Waals surface area (Å²) in [4.78, 5) is 12.2. The zero-order chi connectivity index (χ0) is 14.1. The molecule has 1 aliphatic carbocycles. The molecule has 0 saturated heterocycles. The lowest BCUT2D eigenvalue weighted by atomic mass is 10.0. The number of halogens is 2. The van der Waals surface area contributed by atoms with E-state index in [1.165, 1.54) is 0 Å². The van der Waals surface area contributed by atoms with E-state index in [2.05, 4.69) is 0 Å². The molecule has 0 unspecified atom stereocenters.